The molecule has 80 valence electrons. The van der Waals surface area contributed by atoms with Crippen LogP contribution in [0.15, 0.2) is 11.2 Å². The van der Waals surface area contributed by atoms with Gasteiger partial charge in [-0.25, -0.2) is 9.97 Å². The van der Waals surface area contributed by atoms with Crippen LogP contribution in [0.2, 0.25) is 0 Å². The van der Waals surface area contributed by atoms with Gasteiger partial charge in [-0.3, -0.25) is 0 Å². The van der Waals surface area contributed by atoms with Gasteiger partial charge in [-0.05, 0) is 18.9 Å². The molecule has 0 bridgehead atoms. The number of aromatic nitrogens is 2. The monoisotopic (exact) mass is 221 g/mol. The van der Waals surface area contributed by atoms with Crippen LogP contribution in [0.1, 0.15) is 32.2 Å². The van der Waals surface area contributed by atoms with Crippen molar-refractivity contribution in [2.75, 3.05) is 0 Å². The number of aryl methyl sites for hydroxylation is 1. The molecule has 0 saturated heterocycles. The summed E-state index contributed by atoms with van der Waals surface area (Å²) in [6, 6.07) is 3.74. The van der Waals surface area contributed by atoms with E-state index in [1.54, 1.807) is 17.8 Å². The number of thioether (sulfide) groups is 1. The maximum atomic E-state index is 8.78. The highest BCUT2D eigenvalue weighted by Gasteiger charge is 2.11. The highest BCUT2D eigenvalue weighted by molar-refractivity contribution is 7.99. The summed E-state index contributed by atoms with van der Waals surface area (Å²) in [7, 11) is 0. The van der Waals surface area contributed by atoms with E-state index in [1.807, 2.05) is 13.0 Å². The molecule has 0 N–H and O–H groups in total. The van der Waals surface area contributed by atoms with E-state index in [-0.39, 0.29) is 0 Å². The lowest BCUT2D eigenvalue weighted by Crippen LogP contribution is -2.07. The van der Waals surface area contributed by atoms with Crippen LogP contribution in [-0.2, 0) is 0 Å². The van der Waals surface area contributed by atoms with E-state index in [1.165, 1.54) is 0 Å². The SMILES string of the molecule is Cc1cc(C#N)nc(SC(C)C(C)C)n1. The van der Waals surface area contributed by atoms with E-state index in [0.29, 0.717) is 22.0 Å². The molecule has 0 aliphatic rings. The maximum absolute atomic E-state index is 8.78. The lowest BCUT2D eigenvalue weighted by molar-refractivity contribution is 0.640. The number of hydrogen-bond donors (Lipinski definition) is 0. The molecule has 0 fully saturated rings. The van der Waals surface area contributed by atoms with Crippen LogP contribution in [-0.4, -0.2) is 15.2 Å². The molecular formula is C11H15N3S. The first-order valence-electron chi connectivity index (χ1n) is 4.95. The van der Waals surface area contributed by atoms with Gasteiger partial charge >= 0.3 is 0 Å². The van der Waals surface area contributed by atoms with Gasteiger partial charge in [-0.2, -0.15) is 5.26 Å². The summed E-state index contributed by atoms with van der Waals surface area (Å²) in [6.07, 6.45) is 0. The summed E-state index contributed by atoms with van der Waals surface area (Å²) < 4.78 is 0. The first kappa shape index (κ1) is 12.0. The Kier molecular flexibility index (Phi) is 4.10. The van der Waals surface area contributed by atoms with Gasteiger partial charge < -0.3 is 0 Å². The van der Waals surface area contributed by atoms with Gasteiger partial charge in [-0.15, -0.1) is 0 Å². The Morgan fingerprint density at radius 1 is 1.33 bits per heavy atom. The molecule has 0 amide bonds. The van der Waals surface area contributed by atoms with Crippen LogP contribution < -0.4 is 0 Å². The fraction of sp³-hybridized carbons (Fsp3) is 0.545. The van der Waals surface area contributed by atoms with Crippen molar-refractivity contribution < 1.29 is 0 Å². The quantitative estimate of drug-likeness (QED) is 0.581. The van der Waals surface area contributed by atoms with Crippen LogP contribution >= 0.6 is 11.8 Å². The Morgan fingerprint density at radius 2 is 2.00 bits per heavy atom. The minimum absolute atomic E-state index is 0.445. The maximum Gasteiger partial charge on any atom is 0.189 e. The molecule has 1 aromatic heterocycles. The molecule has 0 aliphatic heterocycles. The fourth-order valence-electron chi connectivity index (χ4n) is 0.954. The van der Waals surface area contributed by atoms with Crippen molar-refractivity contribution in [3.63, 3.8) is 0 Å². The molecule has 1 rings (SSSR count). The summed E-state index contributed by atoms with van der Waals surface area (Å²) in [6.45, 7) is 8.36. The average Bonchev–Trinajstić information content (AvgIpc) is 2.16. The van der Waals surface area contributed by atoms with Gasteiger partial charge in [0.1, 0.15) is 11.8 Å². The summed E-state index contributed by atoms with van der Waals surface area (Å²) in [5.74, 6) is 0.574. The Bertz CT molecular complexity index is 382. The predicted octanol–water partition coefficient (Wildman–Crippen LogP) is 2.79. The van der Waals surface area contributed by atoms with E-state index in [9.17, 15) is 0 Å². The van der Waals surface area contributed by atoms with Gasteiger partial charge in [0.2, 0.25) is 0 Å². The van der Waals surface area contributed by atoms with Crippen molar-refractivity contribution >= 4 is 11.8 Å². The number of nitriles is 1. The summed E-state index contributed by atoms with van der Waals surface area (Å²) >= 11 is 1.62. The van der Waals surface area contributed by atoms with E-state index in [4.69, 9.17) is 5.26 Å². The second kappa shape index (κ2) is 5.13. The zero-order valence-electron chi connectivity index (χ0n) is 9.48. The Labute approximate surface area is 94.9 Å². The van der Waals surface area contributed by atoms with Crippen LogP contribution in [0, 0.1) is 24.2 Å². The molecule has 1 heterocycles. The van der Waals surface area contributed by atoms with Crippen LogP contribution in [0.4, 0.5) is 0 Å². The summed E-state index contributed by atoms with van der Waals surface area (Å²) in [5.41, 5.74) is 1.29. The van der Waals surface area contributed by atoms with Crippen LogP contribution in [0.25, 0.3) is 0 Å². The molecule has 3 nitrogen and oxygen atoms in total. The normalized spacial score (nSPS) is 12.5. The molecule has 0 aliphatic carbocycles. The van der Waals surface area contributed by atoms with Crippen molar-refractivity contribution in [1.82, 2.24) is 9.97 Å². The molecule has 0 radical (unpaired) electrons. The number of rotatable bonds is 3. The van der Waals surface area contributed by atoms with E-state index in [2.05, 4.69) is 30.7 Å². The van der Waals surface area contributed by atoms with E-state index >= 15 is 0 Å². The van der Waals surface area contributed by atoms with Crippen LogP contribution in [0.5, 0.6) is 0 Å². The third-order valence-corrected chi connectivity index (χ3v) is 3.49. The Morgan fingerprint density at radius 3 is 2.53 bits per heavy atom. The molecule has 4 heteroatoms. The van der Waals surface area contributed by atoms with E-state index in [0.717, 1.165) is 5.69 Å². The van der Waals surface area contributed by atoms with Crippen molar-refractivity contribution in [2.45, 2.75) is 38.1 Å². The van der Waals surface area contributed by atoms with Crippen molar-refractivity contribution in [2.24, 2.45) is 5.92 Å². The van der Waals surface area contributed by atoms with Gasteiger partial charge in [0.15, 0.2) is 5.16 Å². The zero-order valence-corrected chi connectivity index (χ0v) is 10.3. The molecule has 1 aromatic rings. The third-order valence-electron chi connectivity index (χ3n) is 2.18. The largest absolute Gasteiger partial charge is 0.228 e. The van der Waals surface area contributed by atoms with Gasteiger partial charge in [0, 0.05) is 10.9 Å². The molecule has 0 spiro atoms. The minimum Gasteiger partial charge on any atom is -0.228 e. The number of hydrogen-bond acceptors (Lipinski definition) is 4. The fourth-order valence-corrected chi connectivity index (χ4v) is 1.91. The predicted molar refractivity (Wildman–Crippen MR) is 61.6 cm³/mol. The zero-order chi connectivity index (χ0) is 11.4. The molecular weight excluding hydrogens is 206 g/mol. The highest BCUT2D eigenvalue weighted by atomic mass is 32.2. The van der Waals surface area contributed by atoms with Crippen LogP contribution in [0.3, 0.4) is 0 Å². The lowest BCUT2D eigenvalue weighted by Gasteiger charge is -2.13. The van der Waals surface area contributed by atoms with Gasteiger partial charge in [0.05, 0.1) is 0 Å². The highest BCUT2D eigenvalue weighted by Crippen LogP contribution is 2.24. The van der Waals surface area contributed by atoms with Gasteiger partial charge in [0.25, 0.3) is 0 Å². The van der Waals surface area contributed by atoms with Crippen molar-refractivity contribution in [1.29, 1.82) is 5.26 Å². The Balaban J connectivity index is 2.87. The molecule has 0 saturated carbocycles. The smallest absolute Gasteiger partial charge is 0.189 e. The number of nitrogens with zero attached hydrogens (tertiary/aromatic N) is 3. The molecule has 0 aromatic carbocycles. The summed E-state index contributed by atoms with van der Waals surface area (Å²) in [5, 5.41) is 9.94. The Hall–Kier alpha value is -1.08. The molecule has 1 atom stereocenters. The minimum atomic E-state index is 0.445. The topological polar surface area (TPSA) is 49.6 Å². The standard InChI is InChI=1S/C11H15N3S/c1-7(2)9(4)15-11-13-8(3)5-10(6-12)14-11/h5,7,9H,1-4H3. The average molecular weight is 221 g/mol. The van der Waals surface area contributed by atoms with E-state index < -0.39 is 0 Å². The first-order chi connectivity index (χ1) is 7.02. The third kappa shape index (κ3) is 3.52. The van der Waals surface area contributed by atoms with Gasteiger partial charge in [-0.1, -0.05) is 32.5 Å². The second-order valence-corrected chi connectivity index (χ2v) is 5.20. The molecule has 1 unspecified atom stereocenters. The van der Waals surface area contributed by atoms with Crippen molar-refractivity contribution in [3.8, 4) is 6.07 Å². The van der Waals surface area contributed by atoms with Crippen molar-refractivity contribution in [3.05, 3.63) is 17.5 Å². The first-order valence-corrected chi connectivity index (χ1v) is 5.83. The lowest BCUT2D eigenvalue weighted by atomic mass is 10.2. The summed E-state index contributed by atoms with van der Waals surface area (Å²) in [4.78, 5) is 8.47. The second-order valence-electron chi connectivity index (χ2n) is 3.86. The molecule has 15 heavy (non-hydrogen) atoms.